The third kappa shape index (κ3) is 4.91. The lowest BCUT2D eigenvalue weighted by Crippen LogP contribution is -2.42. The monoisotopic (exact) mass is 332 g/mol. The fourth-order valence-corrected chi connectivity index (χ4v) is 2.75. The molecule has 1 saturated heterocycles. The maximum Gasteiger partial charge on any atom is 0.313 e. The number of Topliss-reactive ketones (excluding diaryl/α,β-unsaturated/α-hetero) is 1. The van der Waals surface area contributed by atoms with Crippen LogP contribution in [0.2, 0.25) is 0 Å². The van der Waals surface area contributed by atoms with Crippen LogP contribution in [0.3, 0.4) is 0 Å². The molecule has 24 heavy (non-hydrogen) atoms. The van der Waals surface area contributed by atoms with Crippen LogP contribution in [0.1, 0.15) is 41.0 Å². The molecule has 0 aromatic rings. The van der Waals surface area contributed by atoms with Gasteiger partial charge in [0.25, 0.3) is 0 Å². The fraction of sp³-hybridized carbons (Fsp3) is 0.526. The quantitative estimate of drug-likeness (QED) is 0.636. The van der Waals surface area contributed by atoms with E-state index in [1.165, 1.54) is 11.8 Å². The van der Waals surface area contributed by atoms with Crippen molar-refractivity contribution in [3.05, 3.63) is 36.1 Å². The lowest BCUT2D eigenvalue weighted by atomic mass is 9.84. The Labute approximate surface area is 144 Å². The Hall–Kier alpha value is -2.17. The maximum atomic E-state index is 12.3. The van der Waals surface area contributed by atoms with Gasteiger partial charge in [-0.15, -0.1) is 0 Å². The van der Waals surface area contributed by atoms with E-state index in [2.05, 4.69) is 11.9 Å². The molecule has 132 valence electrons. The van der Waals surface area contributed by atoms with Gasteiger partial charge in [-0.25, -0.2) is 0 Å². The predicted molar refractivity (Wildman–Crippen MR) is 95.0 cm³/mol. The zero-order valence-electron chi connectivity index (χ0n) is 15.3. The van der Waals surface area contributed by atoms with Crippen LogP contribution in [0.4, 0.5) is 0 Å². The zero-order chi connectivity index (χ0) is 18.5. The minimum absolute atomic E-state index is 0.0591. The first-order chi connectivity index (χ1) is 11.1. The summed E-state index contributed by atoms with van der Waals surface area (Å²) < 4.78 is 0. The molecule has 0 bridgehead atoms. The van der Waals surface area contributed by atoms with Gasteiger partial charge < -0.3 is 10.2 Å². The van der Waals surface area contributed by atoms with Gasteiger partial charge in [0.05, 0.1) is 0 Å². The molecule has 1 N–H and O–H groups in total. The molecule has 1 rings (SSSR count). The number of carbonyl (C=O) groups is 3. The first kappa shape index (κ1) is 19.9. The van der Waals surface area contributed by atoms with Crippen molar-refractivity contribution in [2.24, 2.45) is 11.3 Å². The van der Waals surface area contributed by atoms with Crippen LogP contribution in [-0.2, 0) is 14.4 Å². The Kier molecular flexibility index (Phi) is 6.70. The lowest BCUT2D eigenvalue weighted by Gasteiger charge is -2.26. The smallest absolute Gasteiger partial charge is 0.313 e. The van der Waals surface area contributed by atoms with E-state index in [-0.39, 0.29) is 17.1 Å². The molecule has 2 amide bonds. The molecule has 1 fully saturated rings. The second-order valence-electron chi connectivity index (χ2n) is 7.07. The van der Waals surface area contributed by atoms with E-state index in [1.807, 2.05) is 33.8 Å². The molecule has 0 spiro atoms. The van der Waals surface area contributed by atoms with Gasteiger partial charge in [-0.3, -0.25) is 14.4 Å². The second-order valence-corrected chi connectivity index (χ2v) is 7.07. The Morgan fingerprint density at radius 1 is 1.25 bits per heavy atom. The Bertz CT molecular complexity index is 594. The van der Waals surface area contributed by atoms with Crippen LogP contribution in [0.5, 0.6) is 0 Å². The maximum absolute atomic E-state index is 12.3. The lowest BCUT2D eigenvalue weighted by molar-refractivity contribution is -0.144. The van der Waals surface area contributed by atoms with E-state index in [0.29, 0.717) is 25.2 Å². The topological polar surface area (TPSA) is 66.5 Å². The van der Waals surface area contributed by atoms with Crippen molar-refractivity contribution >= 4 is 17.6 Å². The molecule has 0 radical (unpaired) electrons. The molecule has 0 aliphatic carbocycles. The number of amides is 2. The number of hydrogen-bond acceptors (Lipinski definition) is 3. The number of allylic oxidation sites excluding steroid dienone is 4. The van der Waals surface area contributed by atoms with Crippen molar-refractivity contribution in [2.75, 3.05) is 13.1 Å². The molecule has 0 saturated carbocycles. The number of nitrogens with zero attached hydrogens (tertiary/aromatic N) is 1. The molecule has 1 aliphatic rings. The Balaban J connectivity index is 2.85. The van der Waals surface area contributed by atoms with Crippen LogP contribution in [0.15, 0.2) is 36.1 Å². The van der Waals surface area contributed by atoms with E-state index in [9.17, 15) is 14.4 Å². The number of likely N-dealkylation sites (tertiary alicyclic amines) is 1. The molecule has 1 heterocycles. The summed E-state index contributed by atoms with van der Waals surface area (Å²) in [6.45, 7) is 13.9. The van der Waals surface area contributed by atoms with Gasteiger partial charge in [-0.1, -0.05) is 45.6 Å². The molecular weight excluding hydrogens is 304 g/mol. The minimum atomic E-state index is -0.675. The van der Waals surface area contributed by atoms with Crippen molar-refractivity contribution in [1.82, 2.24) is 10.2 Å². The van der Waals surface area contributed by atoms with Crippen molar-refractivity contribution < 1.29 is 14.4 Å². The summed E-state index contributed by atoms with van der Waals surface area (Å²) >= 11 is 0. The highest BCUT2D eigenvalue weighted by Gasteiger charge is 2.32. The Morgan fingerprint density at radius 3 is 2.29 bits per heavy atom. The third-order valence-electron chi connectivity index (χ3n) is 4.16. The van der Waals surface area contributed by atoms with Gasteiger partial charge in [0.15, 0.2) is 0 Å². The summed E-state index contributed by atoms with van der Waals surface area (Å²) in [5.41, 5.74) is 1.28. The van der Waals surface area contributed by atoms with Gasteiger partial charge in [-0.05, 0) is 31.3 Å². The minimum Gasteiger partial charge on any atom is -0.334 e. The van der Waals surface area contributed by atoms with Crippen LogP contribution in [0, 0.1) is 11.3 Å². The summed E-state index contributed by atoms with van der Waals surface area (Å²) in [4.78, 5) is 37.5. The van der Waals surface area contributed by atoms with Crippen molar-refractivity contribution in [3.8, 4) is 0 Å². The van der Waals surface area contributed by atoms with Crippen molar-refractivity contribution in [3.63, 3.8) is 0 Å². The largest absolute Gasteiger partial charge is 0.334 e. The van der Waals surface area contributed by atoms with Crippen LogP contribution in [0.25, 0.3) is 0 Å². The highest BCUT2D eigenvalue weighted by atomic mass is 16.2. The number of carbonyl (C=O) groups excluding carboxylic acids is 3. The van der Waals surface area contributed by atoms with E-state index < -0.39 is 11.8 Å². The zero-order valence-corrected chi connectivity index (χ0v) is 15.3. The first-order valence-corrected chi connectivity index (χ1v) is 8.22. The van der Waals surface area contributed by atoms with Gasteiger partial charge in [0.2, 0.25) is 0 Å². The molecule has 5 nitrogen and oxygen atoms in total. The van der Waals surface area contributed by atoms with Crippen molar-refractivity contribution in [1.29, 1.82) is 0 Å². The first-order valence-electron chi connectivity index (χ1n) is 8.22. The number of ketones is 1. The number of hydrogen-bond donors (Lipinski definition) is 1. The molecular formula is C19H28N2O3. The third-order valence-corrected chi connectivity index (χ3v) is 4.16. The highest BCUT2D eigenvalue weighted by Crippen LogP contribution is 2.30. The van der Waals surface area contributed by atoms with Gasteiger partial charge in [0, 0.05) is 24.7 Å². The van der Waals surface area contributed by atoms with E-state index in [0.717, 1.165) is 5.57 Å². The normalized spacial score (nSPS) is 19.2. The molecule has 1 atom stereocenters. The van der Waals surface area contributed by atoms with E-state index >= 15 is 0 Å². The molecule has 1 unspecified atom stereocenters. The summed E-state index contributed by atoms with van der Waals surface area (Å²) in [6.07, 6.45) is 5.89. The molecule has 0 aromatic carbocycles. The van der Waals surface area contributed by atoms with Gasteiger partial charge in [0.1, 0.15) is 5.78 Å². The summed E-state index contributed by atoms with van der Waals surface area (Å²) in [6, 6.07) is 0. The van der Waals surface area contributed by atoms with E-state index in [4.69, 9.17) is 0 Å². The predicted octanol–water partition coefficient (Wildman–Crippen LogP) is 2.60. The average molecular weight is 332 g/mol. The van der Waals surface area contributed by atoms with Crippen molar-refractivity contribution in [2.45, 2.75) is 41.0 Å². The Morgan fingerprint density at radius 2 is 1.88 bits per heavy atom. The van der Waals surface area contributed by atoms with Crippen LogP contribution in [-0.4, -0.2) is 35.6 Å². The molecule has 5 heteroatoms. The fourth-order valence-electron chi connectivity index (χ4n) is 2.75. The molecule has 0 aromatic heterocycles. The summed E-state index contributed by atoms with van der Waals surface area (Å²) in [5, 5.41) is 2.71. The second kappa shape index (κ2) is 8.08. The van der Waals surface area contributed by atoms with Crippen LogP contribution < -0.4 is 5.32 Å². The summed E-state index contributed by atoms with van der Waals surface area (Å²) in [5.74, 6) is -1.37. The molecule has 1 aliphatic heterocycles. The van der Waals surface area contributed by atoms with Gasteiger partial charge >= 0.3 is 11.8 Å². The SMILES string of the molecule is C=C/C=C(\C(=C/C)NC(=O)C(=O)N1CCC(C(C)=O)C1)C(C)(C)C. The standard InChI is InChI=1S/C19H28N2O3/c1-7-9-15(19(4,5)6)16(8-2)20-17(23)18(24)21-11-10-14(12-21)13(3)22/h7-9,14H,1,10-12H2,2-6H3,(H,20,23)/b15-9+,16-8+. The van der Waals surface area contributed by atoms with E-state index in [1.54, 1.807) is 12.2 Å². The number of nitrogens with one attached hydrogen (secondary N) is 1. The number of rotatable bonds is 4. The highest BCUT2D eigenvalue weighted by molar-refractivity contribution is 6.35. The summed E-state index contributed by atoms with van der Waals surface area (Å²) in [7, 11) is 0. The van der Waals surface area contributed by atoms with Crippen LogP contribution >= 0.6 is 0 Å². The average Bonchev–Trinajstić information content (AvgIpc) is 2.98. The van der Waals surface area contributed by atoms with Gasteiger partial charge in [-0.2, -0.15) is 0 Å².